The van der Waals surface area contributed by atoms with Crippen LogP contribution in [0.15, 0.2) is 30.5 Å². The zero-order valence-electron chi connectivity index (χ0n) is 11.0. The summed E-state index contributed by atoms with van der Waals surface area (Å²) < 4.78 is 5.09. The van der Waals surface area contributed by atoms with E-state index < -0.39 is 0 Å². The lowest BCUT2D eigenvalue weighted by Gasteiger charge is -2.18. The van der Waals surface area contributed by atoms with Gasteiger partial charge in [0.15, 0.2) is 0 Å². The number of aromatic amines is 1. The van der Waals surface area contributed by atoms with Crippen LogP contribution in [0.1, 0.15) is 16.1 Å². The number of rotatable bonds is 3. The summed E-state index contributed by atoms with van der Waals surface area (Å²) in [7, 11) is 3.27. The Hall–Kier alpha value is -1.94. The van der Waals surface area contributed by atoms with Crippen molar-refractivity contribution in [1.82, 2.24) is 4.98 Å². The third kappa shape index (κ3) is 2.58. The first-order chi connectivity index (χ1) is 9.04. The lowest BCUT2D eigenvalue weighted by Crippen LogP contribution is -2.26. The molecule has 0 radical (unpaired) electrons. The van der Waals surface area contributed by atoms with Crippen LogP contribution in [0.5, 0.6) is 5.75 Å². The molecule has 0 aliphatic rings. The van der Waals surface area contributed by atoms with Crippen molar-refractivity contribution in [3.05, 3.63) is 46.7 Å². The van der Waals surface area contributed by atoms with Gasteiger partial charge >= 0.3 is 0 Å². The second-order valence-corrected chi connectivity index (χ2v) is 4.61. The van der Waals surface area contributed by atoms with E-state index in [0.717, 1.165) is 11.4 Å². The summed E-state index contributed by atoms with van der Waals surface area (Å²) in [5, 5.41) is 0.477. The molecule has 0 saturated carbocycles. The zero-order chi connectivity index (χ0) is 14.0. The number of ether oxygens (including phenoxy) is 1. The number of H-pyrrole nitrogens is 1. The predicted octanol–water partition coefficient (Wildman–Crippen LogP) is 3.26. The number of hydrogen-bond acceptors (Lipinski definition) is 2. The van der Waals surface area contributed by atoms with Gasteiger partial charge in [-0.2, -0.15) is 0 Å². The molecule has 2 rings (SSSR count). The van der Waals surface area contributed by atoms with Gasteiger partial charge in [-0.3, -0.25) is 4.79 Å². The molecule has 0 saturated heterocycles. The van der Waals surface area contributed by atoms with Crippen LogP contribution < -0.4 is 9.64 Å². The minimum atomic E-state index is -0.0833. The first-order valence-corrected chi connectivity index (χ1v) is 6.18. The highest BCUT2D eigenvalue weighted by Gasteiger charge is 2.17. The van der Waals surface area contributed by atoms with Crippen molar-refractivity contribution in [3.63, 3.8) is 0 Å². The van der Waals surface area contributed by atoms with Crippen LogP contribution in [0, 0.1) is 6.92 Å². The van der Waals surface area contributed by atoms with Crippen molar-refractivity contribution in [2.75, 3.05) is 19.1 Å². The van der Waals surface area contributed by atoms with Gasteiger partial charge in [-0.15, -0.1) is 0 Å². The van der Waals surface area contributed by atoms with Crippen LogP contribution in [0.2, 0.25) is 5.02 Å². The number of hydrogen-bond donors (Lipinski definition) is 1. The highest BCUT2D eigenvalue weighted by molar-refractivity contribution is 6.32. The topological polar surface area (TPSA) is 45.3 Å². The Morgan fingerprint density at radius 3 is 2.63 bits per heavy atom. The zero-order valence-corrected chi connectivity index (χ0v) is 11.8. The molecule has 5 heteroatoms. The number of aryl methyl sites for hydroxylation is 1. The number of methoxy groups -OCH3 is 1. The minimum Gasteiger partial charge on any atom is -0.495 e. The van der Waals surface area contributed by atoms with E-state index in [1.54, 1.807) is 49.5 Å². The predicted molar refractivity (Wildman–Crippen MR) is 76.3 cm³/mol. The Morgan fingerprint density at radius 1 is 1.37 bits per heavy atom. The third-order valence-corrected chi connectivity index (χ3v) is 3.31. The fraction of sp³-hybridized carbons (Fsp3) is 0.214. The molecular weight excluding hydrogens is 264 g/mol. The Balaban J connectivity index is 2.29. The van der Waals surface area contributed by atoms with Crippen LogP contribution in [0.3, 0.4) is 0 Å². The van der Waals surface area contributed by atoms with E-state index in [2.05, 4.69) is 4.98 Å². The average Bonchev–Trinajstić information content (AvgIpc) is 2.83. The van der Waals surface area contributed by atoms with E-state index in [4.69, 9.17) is 16.3 Å². The molecule has 1 heterocycles. The molecule has 19 heavy (non-hydrogen) atoms. The number of carbonyl (C=O) groups excluding carboxylic acids is 1. The maximum absolute atomic E-state index is 12.3. The molecule has 1 aromatic carbocycles. The fourth-order valence-corrected chi connectivity index (χ4v) is 2.10. The Bertz CT molecular complexity index is 607. The van der Waals surface area contributed by atoms with E-state index >= 15 is 0 Å². The number of amides is 1. The first kappa shape index (κ1) is 13.5. The highest BCUT2D eigenvalue weighted by atomic mass is 35.5. The van der Waals surface area contributed by atoms with E-state index in [9.17, 15) is 4.79 Å². The van der Waals surface area contributed by atoms with E-state index in [0.29, 0.717) is 16.3 Å². The van der Waals surface area contributed by atoms with Crippen LogP contribution in [-0.4, -0.2) is 25.0 Å². The summed E-state index contributed by atoms with van der Waals surface area (Å²) in [6, 6.07) is 7.01. The van der Waals surface area contributed by atoms with Gasteiger partial charge in [0.1, 0.15) is 5.75 Å². The van der Waals surface area contributed by atoms with Crippen molar-refractivity contribution in [2.24, 2.45) is 0 Å². The SMILES string of the molecule is COc1ccc(N(C)C(=O)c2cc[nH]c2C)cc1Cl. The van der Waals surface area contributed by atoms with Gasteiger partial charge in [0.05, 0.1) is 17.7 Å². The molecule has 1 amide bonds. The summed E-state index contributed by atoms with van der Waals surface area (Å²) in [5.74, 6) is 0.504. The molecule has 0 unspecified atom stereocenters. The maximum atomic E-state index is 12.3. The van der Waals surface area contributed by atoms with Crippen molar-refractivity contribution in [2.45, 2.75) is 6.92 Å². The molecule has 0 bridgehead atoms. The maximum Gasteiger partial charge on any atom is 0.259 e. The molecular formula is C14H15ClN2O2. The molecule has 4 nitrogen and oxygen atoms in total. The summed E-state index contributed by atoms with van der Waals surface area (Å²) in [5.41, 5.74) is 2.21. The number of nitrogens with one attached hydrogen (secondary N) is 1. The highest BCUT2D eigenvalue weighted by Crippen LogP contribution is 2.29. The van der Waals surface area contributed by atoms with Gasteiger partial charge in [0.25, 0.3) is 5.91 Å². The number of halogens is 1. The second kappa shape index (κ2) is 5.36. The van der Waals surface area contributed by atoms with Gasteiger partial charge in [0, 0.05) is 24.6 Å². The number of aromatic nitrogens is 1. The van der Waals surface area contributed by atoms with E-state index in [1.165, 1.54) is 0 Å². The monoisotopic (exact) mass is 278 g/mol. The Morgan fingerprint density at radius 2 is 2.11 bits per heavy atom. The van der Waals surface area contributed by atoms with Gasteiger partial charge in [-0.1, -0.05) is 11.6 Å². The Labute approximate surface area is 116 Å². The molecule has 0 atom stereocenters. The van der Waals surface area contributed by atoms with E-state index in [1.807, 2.05) is 6.92 Å². The quantitative estimate of drug-likeness (QED) is 0.937. The average molecular weight is 279 g/mol. The molecule has 1 aromatic heterocycles. The second-order valence-electron chi connectivity index (χ2n) is 4.20. The van der Waals surface area contributed by atoms with Gasteiger partial charge in [-0.05, 0) is 31.2 Å². The number of nitrogens with zero attached hydrogens (tertiary/aromatic N) is 1. The molecule has 1 N–H and O–H groups in total. The lowest BCUT2D eigenvalue weighted by molar-refractivity contribution is 0.0992. The number of benzene rings is 1. The van der Waals surface area contributed by atoms with Crippen molar-refractivity contribution in [1.29, 1.82) is 0 Å². The molecule has 0 spiro atoms. The Kier molecular flexibility index (Phi) is 3.81. The van der Waals surface area contributed by atoms with Gasteiger partial charge in [0.2, 0.25) is 0 Å². The smallest absolute Gasteiger partial charge is 0.259 e. The summed E-state index contributed by atoms with van der Waals surface area (Å²) in [6.45, 7) is 1.86. The van der Waals surface area contributed by atoms with Crippen LogP contribution in [0.25, 0.3) is 0 Å². The normalized spacial score (nSPS) is 10.3. The third-order valence-electron chi connectivity index (χ3n) is 3.01. The standard InChI is InChI=1S/C14H15ClN2O2/c1-9-11(6-7-16-9)14(18)17(2)10-4-5-13(19-3)12(15)8-10/h4-8,16H,1-3H3. The molecule has 0 aliphatic carbocycles. The minimum absolute atomic E-state index is 0.0833. The van der Waals surface area contributed by atoms with Gasteiger partial charge < -0.3 is 14.6 Å². The molecule has 100 valence electrons. The number of anilines is 1. The first-order valence-electron chi connectivity index (χ1n) is 5.80. The van der Waals surface area contributed by atoms with Crippen molar-refractivity contribution in [3.8, 4) is 5.75 Å². The van der Waals surface area contributed by atoms with Crippen molar-refractivity contribution >= 4 is 23.2 Å². The largest absolute Gasteiger partial charge is 0.495 e. The molecule has 2 aromatic rings. The lowest BCUT2D eigenvalue weighted by atomic mass is 10.2. The summed E-state index contributed by atoms with van der Waals surface area (Å²) in [4.78, 5) is 16.9. The van der Waals surface area contributed by atoms with Crippen LogP contribution in [0.4, 0.5) is 5.69 Å². The van der Waals surface area contributed by atoms with Crippen LogP contribution >= 0.6 is 11.6 Å². The van der Waals surface area contributed by atoms with Crippen molar-refractivity contribution < 1.29 is 9.53 Å². The summed E-state index contributed by atoms with van der Waals surface area (Å²) >= 11 is 6.07. The van der Waals surface area contributed by atoms with E-state index in [-0.39, 0.29) is 5.91 Å². The number of carbonyl (C=O) groups is 1. The molecule has 0 aliphatic heterocycles. The van der Waals surface area contributed by atoms with Gasteiger partial charge in [-0.25, -0.2) is 0 Å². The fourth-order valence-electron chi connectivity index (χ4n) is 1.85. The van der Waals surface area contributed by atoms with Crippen LogP contribution in [-0.2, 0) is 0 Å². The summed E-state index contributed by atoms with van der Waals surface area (Å²) in [6.07, 6.45) is 1.75. The molecule has 0 fully saturated rings.